The number of rotatable bonds is 8. The third-order valence-corrected chi connectivity index (χ3v) is 7.39. The van der Waals surface area contributed by atoms with Gasteiger partial charge in [-0.25, -0.2) is 4.98 Å². The third-order valence-electron chi connectivity index (χ3n) is 5.81. The highest BCUT2D eigenvalue weighted by molar-refractivity contribution is 9.10. The number of nitrogens with zero attached hydrogens (tertiary/aromatic N) is 4. The van der Waals surface area contributed by atoms with Gasteiger partial charge in [-0.05, 0) is 73.2 Å². The van der Waals surface area contributed by atoms with Crippen LogP contribution in [0.5, 0.6) is 11.5 Å². The van der Waals surface area contributed by atoms with Crippen LogP contribution in [0.2, 0.25) is 0 Å². The number of hydrogen-bond donors (Lipinski definition) is 0. The van der Waals surface area contributed by atoms with Gasteiger partial charge in [-0.3, -0.25) is 0 Å². The molecule has 2 heterocycles. The van der Waals surface area contributed by atoms with Gasteiger partial charge in [0.2, 0.25) is 0 Å². The van der Waals surface area contributed by atoms with Gasteiger partial charge in [0.25, 0.3) is 0 Å². The molecule has 0 unspecified atom stereocenters. The lowest BCUT2D eigenvalue weighted by atomic mass is 10.0. The van der Waals surface area contributed by atoms with Gasteiger partial charge in [0.05, 0.1) is 24.9 Å². The number of ether oxygens (including phenoxy) is 2. The molecule has 182 valence electrons. The fourth-order valence-electron chi connectivity index (χ4n) is 4.01. The van der Waals surface area contributed by atoms with E-state index >= 15 is 0 Å². The number of halogens is 1. The molecule has 0 aliphatic rings. The first-order chi connectivity index (χ1) is 17.6. The van der Waals surface area contributed by atoms with Gasteiger partial charge in [0, 0.05) is 33.8 Å². The van der Waals surface area contributed by atoms with Crippen molar-refractivity contribution in [1.82, 2.24) is 19.7 Å². The number of pyridine rings is 1. The minimum absolute atomic E-state index is 0.596. The van der Waals surface area contributed by atoms with Crippen molar-refractivity contribution in [3.63, 3.8) is 0 Å². The van der Waals surface area contributed by atoms with E-state index in [0.29, 0.717) is 6.61 Å². The Morgan fingerprint density at radius 1 is 0.944 bits per heavy atom. The van der Waals surface area contributed by atoms with Crippen molar-refractivity contribution in [3.8, 4) is 34.1 Å². The Hall–Kier alpha value is -3.36. The Bertz CT molecular complexity index is 1520. The quantitative estimate of drug-likeness (QED) is 0.187. The summed E-state index contributed by atoms with van der Waals surface area (Å²) in [4.78, 5) is 4.95. The van der Waals surface area contributed by atoms with Crippen molar-refractivity contribution in [3.05, 3.63) is 82.8 Å². The number of methoxy groups -OCH3 is 1. The Kier molecular flexibility index (Phi) is 7.25. The summed E-state index contributed by atoms with van der Waals surface area (Å²) >= 11 is 5.21. The van der Waals surface area contributed by atoms with Gasteiger partial charge < -0.3 is 14.0 Å². The van der Waals surface area contributed by atoms with Crippen molar-refractivity contribution in [1.29, 1.82) is 0 Å². The highest BCUT2D eigenvalue weighted by Crippen LogP contribution is 2.35. The summed E-state index contributed by atoms with van der Waals surface area (Å²) in [7, 11) is 3.67. The standard InChI is InChI=1S/C28H25BrN4O2S/c1-4-35-22-12-13-25-23(15-22)24(16-26(30-25)19-8-10-21(34-3)11-9-19)27-31-32-28(33(27)2)36-17-18-6-5-7-20(29)14-18/h5-16H,4,17H2,1-3H3. The maximum atomic E-state index is 5.79. The molecule has 0 atom stereocenters. The highest BCUT2D eigenvalue weighted by Gasteiger charge is 2.17. The van der Waals surface area contributed by atoms with Crippen LogP contribution in [0.1, 0.15) is 12.5 Å². The third kappa shape index (κ3) is 5.10. The van der Waals surface area contributed by atoms with E-state index in [2.05, 4.69) is 44.3 Å². The summed E-state index contributed by atoms with van der Waals surface area (Å²) < 4.78 is 14.2. The van der Waals surface area contributed by atoms with Gasteiger partial charge >= 0.3 is 0 Å². The first-order valence-electron chi connectivity index (χ1n) is 11.5. The Morgan fingerprint density at radius 3 is 2.50 bits per heavy atom. The normalized spacial score (nSPS) is 11.1. The molecule has 2 aromatic heterocycles. The summed E-state index contributed by atoms with van der Waals surface area (Å²) in [6, 6.07) is 24.3. The lowest BCUT2D eigenvalue weighted by Crippen LogP contribution is -1.98. The topological polar surface area (TPSA) is 62.1 Å². The molecule has 36 heavy (non-hydrogen) atoms. The molecule has 0 saturated carbocycles. The van der Waals surface area contributed by atoms with E-state index < -0.39 is 0 Å². The van der Waals surface area contributed by atoms with E-state index in [9.17, 15) is 0 Å². The van der Waals surface area contributed by atoms with Crippen molar-refractivity contribution in [2.75, 3.05) is 13.7 Å². The van der Waals surface area contributed by atoms with E-state index in [1.165, 1.54) is 5.56 Å². The summed E-state index contributed by atoms with van der Waals surface area (Å²) in [5.41, 5.74) is 4.90. The van der Waals surface area contributed by atoms with E-state index in [4.69, 9.17) is 14.5 Å². The molecule has 0 fully saturated rings. The second kappa shape index (κ2) is 10.7. The first-order valence-corrected chi connectivity index (χ1v) is 13.3. The van der Waals surface area contributed by atoms with E-state index in [-0.39, 0.29) is 0 Å². The molecular weight excluding hydrogens is 536 g/mol. The highest BCUT2D eigenvalue weighted by atomic mass is 79.9. The minimum atomic E-state index is 0.596. The molecule has 8 heteroatoms. The van der Waals surface area contributed by atoms with E-state index in [1.54, 1.807) is 18.9 Å². The fraction of sp³-hybridized carbons (Fsp3) is 0.179. The minimum Gasteiger partial charge on any atom is -0.497 e. The lowest BCUT2D eigenvalue weighted by Gasteiger charge is -2.12. The molecule has 5 aromatic rings. The van der Waals surface area contributed by atoms with Crippen LogP contribution in [0.15, 0.2) is 82.4 Å². The molecule has 0 aliphatic heterocycles. The predicted molar refractivity (Wildman–Crippen MR) is 149 cm³/mol. The Balaban J connectivity index is 1.57. The molecule has 0 spiro atoms. The largest absolute Gasteiger partial charge is 0.497 e. The van der Waals surface area contributed by atoms with Crippen molar-refractivity contribution < 1.29 is 9.47 Å². The molecular formula is C28H25BrN4O2S. The molecule has 0 aliphatic carbocycles. The van der Waals surface area contributed by atoms with Gasteiger partial charge in [0.1, 0.15) is 11.5 Å². The lowest BCUT2D eigenvalue weighted by molar-refractivity contribution is 0.340. The Labute approximate surface area is 222 Å². The van der Waals surface area contributed by atoms with Crippen LogP contribution in [0.25, 0.3) is 33.5 Å². The van der Waals surface area contributed by atoms with Gasteiger partial charge in [0.15, 0.2) is 11.0 Å². The van der Waals surface area contributed by atoms with Crippen LogP contribution < -0.4 is 9.47 Å². The maximum Gasteiger partial charge on any atom is 0.191 e. The predicted octanol–water partition coefficient (Wildman–Crippen LogP) is 7.16. The van der Waals surface area contributed by atoms with Crippen LogP contribution in [0, 0.1) is 0 Å². The first kappa shape index (κ1) is 24.3. The average Bonchev–Trinajstić information content (AvgIpc) is 3.27. The monoisotopic (exact) mass is 560 g/mol. The number of aromatic nitrogens is 4. The van der Waals surface area contributed by atoms with Gasteiger partial charge in [-0.15, -0.1) is 10.2 Å². The van der Waals surface area contributed by atoms with Gasteiger partial charge in [-0.1, -0.05) is 39.8 Å². The zero-order valence-electron chi connectivity index (χ0n) is 20.2. The summed E-state index contributed by atoms with van der Waals surface area (Å²) in [6.45, 7) is 2.58. The maximum absolute atomic E-state index is 5.79. The average molecular weight is 562 g/mol. The van der Waals surface area contributed by atoms with Crippen molar-refractivity contribution >= 4 is 38.6 Å². The molecule has 6 nitrogen and oxygen atoms in total. The van der Waals surface area contributed by atoms with Crippen LogP contribution >= 0.6 is 27.7 Å². The van der Waals surface area contributed by atoms with Crippen LogP contribution in [0.4, 0.5) is 0 Å². The van der Waals surface area contributed by atoms with Crippen LogP contribution in [0.3, 0.4) is 0 Å². The zero-order valence-corrected chi connectivity index (χ0v) is 22.6. The second-order valence-electron chi connectivity index (χ2n) is 8.18. The molecule has 3 aromatic carbocycles. The summed E-state index contributed by atoms with van der Waals surface area (Å²) in [5, 5.41) is 10.9. The molecule has 0 radical (unpaired) electrons. The zero-order chi connectivity index (χ0) is 25.1. The number of fused-ring (bicyclic) bond motifs is 1. The second-order valence-corrected chi connectivity index (χ2v) is 10.0. The fourth-order valence-corrected chi connectivity index (χ4v) is 5.31. The number of benzene rings is 3. The number of thioether (sulfide) groups is 1. The van der Waals surface area contributed by atoms with Crippen LogP contribution in [-0.2, 0) is 12.8 Å². The molecule has 5 rings (SSSR count). The number of hydrogen-bond acceptors (Lipinski definition) is 6. The van der Waals surface area contributed by atoms with E-state index in [0.717, 1.165) is 60.4 Å². The van der Waals surface area contributed by atoms with Gasteiger partial charge in [-0.2, -0.15) is 0 Å². The molecule has 0 saturated heterocycles. The Morgan fingerprint density at radius 2 is 1.75 bits per heavy atom. The SMILES string of the molecule is CCOc1ccc2nc(-c3ccc(OC)cc3)cc(-c3nnc(SCc4cccc(Br)c4)n3C)c2c1. The summed E-state index contributed by atoms with van der Waals surface area (Å²) in [6.07, 6.45) is 0. The van der Waals surface area contributed by atoms with Crippen molar-refractivity contribution in [2.24, 2.45) is 7.05 Å². The molecule has 0 N–H and O–H groups in total. The molecule has 0 bridgehead atoms. The van der Waals surface area contributed by atoms with Crippen molar-refractivity contribution in [2.45, 2.75) is 17.8 Å². The smallest absolute Gasteiger partial charge is 0.191 e. The molecule has 0 amide bonds. The summed E-state index contributed by atoms with van der Waals surface area (Å²) in [5.74, 6) is 3.19. The van der Waals surface area contributed by atoms with Crippen LogP contribution in [-0.4, -0.2) is 33.5 Å². The van der Waals surface area contributed by atoms with E-state index in [1.807, 2.05) is 73.1 Å².